The number of hydrogen-bond acceptors (Lipinski definition) is 4. The molecule has 0 aliphatic carbocycles. The first kappa shape index (κ1) is 25.5. The maximum atomic E-state index is 13.7. The van der Waals surface area contributed by atoms with Gasteiger partial charge in [-0.2, -0.15) is 0 Å². The molecule has 0 saturated heterocycles. The van der Waals surface area contributed by atoms with Crippen molar-refractivity contribution in [2.24, 2.45) is 0 Å². The molecule has 0 spiro atoms. The van der Waals surface area contributed by atoms with Gasteiger partial charge in [-0.1, -0.05) is 54.6 Å². The van der Waals surface area contributed by atoms with Gasteiger partial charge < -0.3 is 19.7 Å². The van der Waals surface area contributed by atoms with E-state index in [1.807, 2.05) is 18.2 Å². The summed E-state index contributed by atoms with van der Waals surface area (Å²) in [5.41, 5.74) is 2.07. The van der Waals surface area contributed by atoms with E-state index < -0.39 is 6.04 Å². The summed E-state index contributed by atoms with van der Waals surface area (Å²) in [5.74, 6) is 0.0763. The van der Waals surface area contributed by atoms with Crippen LogP contribution in [0.5, 0.6) is 11.5 Å². The minimum atomic E-state index is -0.895. The molecule has 0 aliphatic rings. The van der Waals surface area contributed by atoms with Crippen molar-refractivity contribution in [3.8, 4) is 11.5 Å². The molecule has 0 fully saturated rings. The van der Waals surface area contributed by atoms with Gasteiger partial charge in [0.2, 0.25) is 11.8 Å². The highest BCUT2D eigenvalue weighted by Crippen LogP contribution is 2.29. The molecule has 3 aromatic carbocycles. The second-order valence-electron chi connectivity index (χ2n) is 7.86. The third-order valence-corrected chi connectivity index (χ3v) is 5.49. The van der Waals surface area contributed by atoms with Crippen molar-refractivity contribution in [3.05, 3.63) is 108 Å². The standard InChI is InChI=1S/C28H29FN2O4/c1-4-16-30-28(33)27(22-8-6-5-7-9-22)31(19-20-10-13-23(29)14-11-20)26(32)18-21-12-15-24(34-2)25(17-21)35-3/h4-15,17,27H,1,16,18-19H2,2-3H3,(H,30,33)/t27-/m0/s1. The SMILES string of the molecule is C=CCNC(=O)[C@H](c1ccccc1)N(Cc1ccc(F)cc1)C(=O)Cc1ccc(OC)c(OC)c1. The van der Waals surface area contributed by atoms with Crippen LogP contribution in [0.4, 0.5) is 4.39 Å². The lowest BCUT2D eigenvalue weighted by Crippen LogP contribution is -2.44. The molecular formula is C28H29FN2O4. The summed E-state index contributed by atoms with van der Waals surface area (Å²) in [4.78, 5) is 28.5. The Balaban J connectivity index is 2.00. The fourth-order valence-corrected chi connectivity index (χ4v) is 3.75. The van der Waals surface area contributed by atoms with Gasteiger partial charge in [0.05, 0.1) is 20.6 Å². The summed E-state index contributed by atoms with van der Waals surface area (Å²) in [6.07, 6.45) is 1.61. The van der Waals surface area contributed by atoms with Crippen molar-refractivity contribution >= 4 is 11.8 Å². The molecule has 35 heavy (non-hydrogen) atoms. The topological polar surface area (TPSA) is 67.9 Å². The van der Waals surface area contributed by atoms with Gasteiger partial charge in [-0.05, 0) is 41.0 Å². The van der Waals surface area contributed by atoms with Crippen molar-refractivity contribution in [1.29, 1.82) is 0 Å². The molecule has 0 aliphatic heterocycles. The lowest BCUT2D eigenvalue weighted by Gasteiger charge is -2.31. The molecule has 2 amide bonds. The van der Waals surface area contributed by atoms with E-state index >= 15 is 0 Å². The zero-order valence-electron chi connectivity index (χ0n) is 19.9. The molecule has 1 N–H and O–H groups in total. The molecule has 182 valence electrons. The molecule has 0 unspecified atom stereocenters. The molecule has 1 atom stereocenters. The third kappa shape index (κ3) is 6.69. The summed E-state index contributed by atoms with van der Waals surface area (Å²) >= 11 is 0. The molecule has 6 nitrogen and oxygen atoms in total. The fraction of sp³-hybridized carbons (Fsp3) is 0.214. The average Bonchev–Trinajstić information content (AvgIpc) is 2.88. The monoisotopic (exact) mass is 476 g/mol. The molecule has 0 bridgehead atoms. The van der Waals surface area contributed by atoms with Gasteiger partial charge in [0.1, 0.15) is 11.9 Å². The summed E-state index contributed by atoms with van der Waals surface area (Å²) < 4.78 is 24.2. The van der Waals surface area contributed by atoms with Gasteiger partial charge in [0, 0.05) is 13.1 Å². The number of carbonyl (C=O) groups excluding carboxylic acids is 2. The molecule has 0 radical (unpaired) electrons. The zero-order chi connectivity index (χ0) is 25.2. The van der Waals surface area contributed by atoms with Crippen molar-refractivity contribution < 1.29 is 23.5 Å². The van der Waals surface area contributed by atoms with Crippen LogP contribution in [0.1, 0.15) is 22.7 Å². The number of halogens is 1. The molecule has 3 aromatic rings. The van der Waals surface area contributed by atoms with Gasteiger partial charge in [0.25, 0.3) is 0 Å². The Bertz CT molecular complexity index is 1150. The Labute approximate surface area is 205 Å². The molecule has 7 heteroatoms. The summed E-state index contributed by atoms with van der Waals surface area (Å²) in [5, 5.41) is 2.81. The van der Waals surface area contributed by atoms with E-state index in [0.717, 1.165) is 0 Å². The van der Waals surface area contributed by atoms with E-state index in [4.69, 9.17) is 9.47 Å². The first-order valence-electron chi connectivity index (χ1n) is 11.1. The number of nitrogens with zero attached hydrogens (tertiary/aromatic N) is 1. The quantitative estimate of drug-likeness (QED) is 0.415. The number of benzene rings is 3. The van der Waals surface area contributed by atoms with Crippen LogP contribution in [0.2, 0.25) is 0 Å². The molecule has 0 aromatic heterocycles. The zero-order valence-corrected chi connectivity index (χ0v) is 19.9. The van der Waals surface area contributed by atoms with E-state index in [-0.39, 0.29) is 37.1 Å². The number of hydrogen-bond donors (Lipinski definition) is 1. The second kappa shape index (κ2) is 12.4. The summed E-state index contributed by atoms with van der Waals surface area (Å²) in [6, 6.07) is 19.3. The minimum absolute atomic E-state index is 0.0274. The van der Waals surface area contributed by atoms with Crippen molar-refractivity contribution in [2.75, 3.05) is 20.8 Å². The molecule has 0 heterocycles. The Morgan fingerprint density at radius 2 is 1.63 bits per heavy atom. The second-order valence-corrected chi connectivity index (χ2v) is 7.86. The molecular weight excluding hydrogens is 447 g/mol. The summed E-state index contributed by atoms with van der Waals surface area (Å²) in [7, 11) is 3.07. The minimum Gasteiger partial charge on any atom is -0.493 e. The first-order chi connectivity index (χ1) is 17.0. The van der Waals surface area contributed by atoms with E-state index in [2.05, 4.69) is 11.9 Å². The van der Waals surface area contributed by atoms with Gasteiger partial charge in [0.15, 0.2) is 11.5 Å². The maximum absolute atomic E-state index is 13.7. The lowest BCUT2D eigenvalue weighted by atomic mass is 10.0. The third-order valence-electron chi connectivity index (χ3n) is 5.49. The van der Waals surface area contributed by atoms with Crippen LogP contribution >= 0.6 is 0 Å². The summed E-state index contributed by atoms with van der Waals surface area (Å²) in [6.45, 7) is 4.03. The van der Waals surface area contributed by atoms with E-state index in [0.29, 0.717) is 28.2 Å². The maximum Gasteiger partial charge on any atom is 0.247 e. The molecule has 0 saturated carbocycles. The predicted molar refractivity (Wildman–Crippen MR) is 133 cm³/mol. The number of rotatable bonds is 11. The highest BCUT2D eigenvalue weighted by molar-refractivity contribution is 5.89. The van der Waals surface area contributed by atoms with Crippen molar-refractivity contribution in [1.82, 2.24) is 10.2 Å². The van der Waals surface area contributed by atoms with E-state index in [1.165, 1.54) is 24.1 Å². The smallest absolute Gasteiger partial charge is 0.247 e. The van der Waals surface area contributed by atoms with Crippen LogP contribution in [-0.2, 0) is 22.6 Å². The Morgan fingerprint density at radius 3 is 2.26 bits per heavy atom. The van der Waals surface area contributed by atoms with E-state index in [9.17, 15) is 14.0 Å². The number of ether oxygens (including phenoxy) is 2. The van der Waals surface area contributed by atoms with E-state index in [1.54, 1.807) is 55.7 Å². The normalized spacial score (nSPS) is 11.3. The van der Waals surface area contributed by atoms with Crippen molar-refractivity contribution in [2.45, 2.75) is 19.0 Å². The lowest BCUT2D eigenvalue weighted by molar-refractivity contribution is -0.141. The van der Waals surface area contributed by atoms with Crippen LogP contribution in [-0.4, -0.2) is 37.5 Å². The highest BCUT2D eigenvalue weighted by atomic mass is 19.1. The van der Waals surface area contributed by atoms with Crippen LogP contribution < -0.4 is 14.8 Å². The van der Waals surface area contributed by atoms with Gasteiger partial charge in [-0.15, -0.1) is 6.58 Å². The Kier molecular flexibility index (Phi) is 9.01. The number of amides is 2. The number of nitrogens with one attached hydrogen (secondary N) is 1. The van der Waals surface area contributed by atoms with Gasteiger partial charge in [-0.25, -0.2) is 4.39 Å². The van der Waals surface area contributed by atoms with Gasteiger partial charge in [-0.3, -0.25) is 9.59 Å². The van der Waals surface area contributed by atoms with Crippen LogP contribution in [0, 0.1) is 5.82 Å². The Hall–Kier alpha value is -4.13. The largest absolute Gasteiger partial charge is 0.493 e. The predicted octanol–water partition coefficient (Wildman–Crippen LogP) is 4.46. The Morgan fingerprint density at radius 1 is 0.971 bits per heavy atom. The fourth-order valence-electron chi connectivity index (χ4n) is 3.75. The highest BCUT2D eigenvalue weighted by Gasteiger charge is 2.31. The molecule has 3 rings (SSSR count). The number of methoxy groups -OCH3 is 2. The van der Waals surface area contributed by atoms with Crippen LogP contribution in [0.3, 0.4) is 0 Å². The van der Waals surface area contributed by atoms with Crippen LogP contribution in [0.15, 0.2) is 85.5 Å². The average molecular weight is 477 g/mol. The van der Waals surface area contributed by atoms with Crippen molar-refractivity contribution in [3.63, 3.8) is 0 Å². The first-order valence-corrected chi connectivity index (χ1v) is 11.1. The number of carbonyl (C=O) groups is 2. The van der Waals surface area contributed by atoms with Crippen LogP contribution in [0.25, 0.3) is 0 Å². The van der Waals surface area contributed by atoms with Gasteiger partial charge >= 0.3 is 0 Å².